The third-order valence-electron chi connectivity index (χ3n) is 3.40. The van der Waals surface area contributed by atoms with Crippen LogP contribution in [0.25, 0.3) is 0 Å². The van der Waals surface area contributed by atoms with E-state index >= 15 is 0 Å². The second-order valence-corrected chi connectivity index (χ2v) is 4.63. The Hall–Kier alpha value is -2.56. The van der Waals surface area contributed by atoms with Crippen molar-refractivity contribution < 1.29 is 4.92 Å². The van der Waals surface area contributed by atoms with Crippen molar-refractivity contribution in [2.45, 2.75) is 13.1 Å². The van der Waals surface area contributed by atoms with Gasteiger partial charge in [0.25, 0.3) is 5.69 Å². The third-order valence-corrected chi connectivity index (χ3v) is 3.40. The first-order chi connectivity index (χ1) is 9.15. The second-order valence-electron chi connectivity index (χ2n) is 4.63. The van der Waals surface area contributed by atoms with E-state index in [9.17, 15) is 10.1 Å². The number of benzene rings is 2. The number of hydrogen-bond acceptors (Lipinski definition) is 4. The number of anilines is 2. The number of nitro groups is 1. The van der Waals surface area contributed by atoms with Crippen molar-refractivity contribution in [1.29, 1.82) is 0 Å². The van der Waals surface area contributed by atoms with Crippen molar-refractivity contribution >= 4 is 17.1 Å². The van der Waals surface area contributed by atoms with Gasteiger partial charge in [0.05, 0.1) is 16.3 Å². The van der Waals surface area contributed by atoms with Gasteiger partial charge in [0, 0.05) is 25.2 Å². The van der Waals surface area contributed by atoms with Crippen molar-refractivity contribution in [3.8, 4) is 0 Å². The van der Waals surface area contributed by atoms with E-state index in [1.54, 1.807) is 6.07 Å². The van der Waals surface area contributed by atoms with Crippen LogP contribution >= 0.6 is 0 Å². The normalized spacial score (nSPS) is 13.4. The largest absolute Gasteiger partial charge is 0.397 e. The van der Waals surface area contributed by atoms with E-state index < -0.39 is 4.92 Å². The molecular formula is C14H13N3O2. The minimum Gasteiger partial charge on any atom is -0.397 e. The summed E-state index contributed by atoms with van der Waals surface area (Å²) in [6, 6.07) is 12.9. The fourth-order valence-corrected chi connectivity index (χ4v) is 2.45. The van der Waals surface area contributed by atoms with Gasteiger partial charge in [0.15, 0.2) is 0 Å². The minimum atomic E-state index is -0.432. The molecule has 0 fully saturated rings. The van der Waals surface area contributed by atoms with Crippen LogP contribution in [0.4, 0.5) is 17.1 Å². The van der Waals surface area contributed by atoms with Gasteiger partial charge >= 0.3 is 0 Å². The van der Waals surface area contributed by atoms with Crippen LogP contribution in [0.5, 0.6) is 0 Å². The first kappa shape index (κ1) is 11.5. The second kappa shape index (κ2) is 4.28. The molecule has 1 aliphatic heterocycles. The molecule has 2 aromatic carbocycles. The fraction of sp³-hybridized carbons (Fsp3) is 0.143. The number of fused-ring (bicyclic) bond motifs is 1. The zero-order valence-corrected chi connectivity index (χ0v) is 10.2. The van der Waals surface area contributed by atoms with Crippen LogP contribution in [0.3, 0.4) is 0 Å². The van der Waals surface area contributed by atoms with Gasteiger partial charge in [-0.25, -0.2) is 0 Å². The smallest absolute Gasteiger partial charge is 0.271 e. The van der Waals surface area contributed by atoms with Crippen LogP contribution in [-0.2, 0) is 13.1 Å². The molecule has 1 aliphatic rings. The summed E-state index contributed by atoms with van der Waals surface area (Å²) in [6.45, 7) is 1.58. The van der Waals surface area contributed by atoms with E-state index in [0.29, 0.717) is 5.69 Å². The Morgan fingerprint density at radius 1 is 1.11 bits per heavy atom. The third kappa shape index (κ3) is 1.99. The number of nitrogens with zero attached hydrogens (tertiary/aromatic N) is 2. The van der Waals surface area contributed by atoms with Gasteiger partial charge in [-0.2, -0.15) is 0 Å². The summed E-state index contributed by atoms with van der Waals surface area (Å²) < 4.78 is 0. The van der Waals surface area contributed by atoms with E-state index in [1.807, 2.05) is 12.1 Å². The molecule has 0 atom stereocenters. The van der Waals surface area contributed by atoms with Crippen LogP contribution in [0.1, 0.15) is 11.1 Å². The molecule has 0 spiro atoms. The van der Waals surface area contributed by atoms with Crippen LogP contribution < -0.4 is 10.6 Å². The van der Waals surface area contributed by atoms with Gasteiger partial charge in [-0.3, -0.25) is 10.1 Å². The highest BCUT2D eigenvalue weighted by Crippen LogP contribution is 2.33. The molecule has 0 amide bonds. The number of nitrogen functional groups attached to an aromatic ring is 1. The van der Waals surface area contributed by atoms with Gasteiger partial charge in [0.1, 0.15) is 0 Å². The molecule has 3 rings (SSSR count). The number of nitro benzene ring substituents is 1. The highest BCUT2D eigenvalue weighted by molar-refractivity contribution is 5.71. The Morgan fingerprint density at radius 2 is 1.74 bits per heavy atom. The quantitative estimate of drug-likeness (QED) is 0.508. The van der Waals surface area contributed by atoms with Gasteiger partial charge < -0.3 is 10.6 Å². The molecule has 96 valence electrons. The monoisotopic (exact) mass is 255 g/mol. The summed E-state index contributed by atoms with van der Waals surface area (Å²) in [6.07, 6.45) is 0. The molecule has 1 heterocycles. The fourth-order valence-electron chi connectivity index (χ4n) is 2.45. The van der Waals surface area contributed by atoms with Crippen LogP contribution in [0.15, 0.2) is 42.5 Å². The molecule has 0 unspecified atom stereocenters. The summed E-state index contributed by atoms with van der Waals surface area (Å²) in [5, 5.41) is 10.7. The Morgan fingerprint density at radius 3 is 2.26 bits per heavy atom. The summed E-state index contributed by atoms with van der Waals surface area (Å²) in [5.41, 5.74) is 9.80. The van der Waals surface area contributed by atoms with Crippen molar-refractivity contribution in [3.05, 3.63) is 63.7 Å². The van der Waals surface area contributed by atoms with Crippen molar-refractivity contribution in [3.63, 3.8) is 0 Å². The van der Waals surface area contributed by atoms with Crippen molar-refractivity contribution in [1.82, 2.24) is 0 Å². The molecule has 5 nitrogen and oxygen atoms in total. The standard InChI is InChI=1S/C14H13N3O2/c15-13-7-12(17(18)19)5-6-14(13)16-8-10-3-1-2-4-11(10)9-16/h1-7H,8-9,15H2. The number of rotatable bonds is 2. The van der Waals surface area contributed by atoms with E-state index in [2.05, 4.69) is 17.0 Å². The average Bonchev–Trinajstić information content (AvgIpc) is 2.81. The molecule has 0 saturated heterocycles. The van der Waals surface area contributed by atoms with E-state index in [-0.39, 0.29) is 5.69 Å². The maximum absolute atomic E-state index is 10.7. The van der Waals surface area contributed by atoms with Gasteiger partial charge in [0.2, 0.25) is 0 Å². The molecule has 0 bridgehead atoms. The lowest BCUT2D eigenvalue weighted by molar-refractivity contribution is -0.384. The Labute approximate surface area is 110 Å². The van der Waals surface area contributed by atoms with Crippen LogP contribution in [0, 0.1) is 10.1 Å². The first-order valence-electron chi connectivity index (χ1n) is 6.01. The summed E-state index contributed by atoms with van der Waals surface area (Å²) in [5.74, 6) is 0. The zero-order chi connectivity index (χ0) is 13.4. The maximum atomic E-state index is 10.7. The number of hydrogen-bond donors (Lipinski definition) is 1. The first-order valence-corrected chi connectivity index (χ1v) is 6.01. The molecule has 0 aliphatic carbocycles. The Bertz CT molecular complexity index is 630. The lowest BCUT2D eigenvalue weighted by atomic mass is 10.1. The van der Waals surface area contributed by atoms with Gasteiger partial charge in [-0.05, 0) is 17.2 Å². The maximum Gasteiger partial charge on any atom is 0.271 e. The average molecular weight is 255 g/mol. The molecule has 0 radical (unpaired) electrons. The summed E-state index contributed by atoms with van der Waals surface area (Å²) in [4.78, 5) is 12.4. The Kier molecular flexibility index (Phi) is 2.59. The van der Waals surface area contributed by atoms with Crippen molar-refractivity contribution in [2.24, 2.45) is 0 Å². The topological polar surface area (TPSA) is 72.4 Å². The molecule has 0 aromatic heterocycles. The highest BCUT2D eigenvalue weighted by atomic mass is 16.6. The molecule has 2 N–H and O–H groups in total. The molecule has 5 heteroatoms. The zero-order valence-electron chi connectivity index (χ0n) is 10.2. The lowest BCUT2D eigenvalue weighted by Crippen LogP contribution is -2.16. The number of non-ortho nitro benzene ring substituents is 1. The predicted octanol–water partition coefficient (Wildman–Crippen LogP) is 2.70. The van der Waals surface area contributed by atoms with Gasteiger partial charge in [-0.1, -0.05) is 24.3 Å². The summed E-state index contributed by atoms with van der Waals surface area (Å²) >= 11 is 0. The predicted molar refractivity (Wildman–Crippen MR) is 73.8 cm³/mol. The SMILES string of the molecule is Nc1cc([N+](=O)[O-])ccc1N1Cc2ccccc2C1. The van der Waals surface area contributed by atoms with E-state index in [4.69, 9.17) is 5.73 Å². The lowest BCUT2D eigenvalue weighted by Gasteiger charge is -2.19. The molecular weight excluding hydrogens is 242 g/mol. The van der Waals surface area contributed by atoms with Crippen molar-refractivity contribution in [2.75, 3.05) is 10.6 Å². The van der Waals surface area contributed by atoms with E-state index in [0.717, 1.165) is 18.8 Å². The number of nitrogens with two attached hydrogens (primary N) is 1. The summed E-state index contributed by atoms with van der Waals surface area (Å²) in [7, 11) is 0. The Balaban J connectivity index is 1.91. The molecule has 2 aromatic rings. The van der Waals surface area contributed by atoms with Gasteiger partial charge in [-0.15, -0.1) is 0 Å². The van der Waals surface area contributed by atoms with E-state index in [1.165, 1.54) is 23.3 Å². The molecule has 0 saturated carbocycles. The van der Waals surface area contributed by atoms with Crippen LogP contribution in [-0.4, -0.2) is 4.92 Å². The van der Waals surface area contributed by atoms with Crippen LogP contribution in [0.2, 0.25) is 0 Å². The minimum absolute atomic E-state index is 0.0259. The molecule has 19 heavy (non-hydrogen) atoms. The highest BCUT2D eigenvalue weighted by Gasteiger charge is 2.21.